The summed E-state index contributed by atoms with van der Waals surface area (Å²) in [7, 11) is 0. The van der Waals surface area contributed by atoms with Crippen molar-refractivity contribution in [1.82, 2.24) is 9.55 Å². The van der Waals surface area contributed by atoms with Crippen LogP contribution in [0.15, 0.2) is 35.7 Å². The predicted molar refractivity (Wildman–Crippen MR) is 80.2 cm³/mol. The number of aromatic amines is 1. The van der Waals surface area contributed by atoms with Crippen molar-refractivity contribution in [3.8, 4) is 0 Å². The molecule has 5 heteroatoms. The molecular weight excluding hydrogens is 284 g/mol. The Kier molecular flexibility index (Phi) is 3.24. The molecule has 0 saturated carbocycles. The maximum atomic E-state index is 6.25. The van der Waals surface area contributed by atoms with Crippen molar-refractivity contribution < 1.29 is 0 Å². The van der Waals surface area contributed by atoms with Gasteiger partial charge in [0.15, 0.2) is 4.77 Å². The number of hydrogen-bond acceptors (Lipinski definition) is 2. The molecule has 1 N–H and O–H groups in total. The number of hydrogen-bond donors (Lipinski definition) is 1. The number of rotatable bonds is 3. The molecule has 0 aliphatic heterocycles. The fourth-order valence-electron chi connectivity index (χ4n) is 2.06. The van der Waals surface area contributed by atoms with Gasteiger partial charge in [0.2, 0.25) is 0 Å². The summed E-state index contributed by atoms with van der Waals surface area (Å²) in [6, 6.07) is 10.0. The first kappa shape index (κ1) is 12.0. The smallest absolute Gasteiger partial charge is 0.178 e. The Hall–Kier alpha value is -1.10. The monoisotopic (exact) mass is 294 g/mol. The van der Waals surface area contributed by atoms with Crippen molar-refractivity contribution in [2.24, 2.45) is 0 Å². The Morgan fingerprint density at radius 2 is 2.17 bits per heavy atom. The number of fused-ring (bicyclic) bond motifs is 1. The highest BCUT2D eigenvalue weighted by Crippen LogP contribution is 2.23. The second kappa shape index (κ2) is 4.88. The van der Waals surface area contributed by atoms with E-state index in [1.54, 1.807) is 11.3 Å². The summed E-state index contributed by atoms with van der Waals surface area (Å²) in [6.45, 7) is 0.850. The third-order valence-electron chi connectivity index (χ3n) is 2.91. The maximum absolute atomic E-state index is 6.25. The van der Waals surface area contributed by atoms with E-state index < -0.39 is 0 Å². The topological polar surface area (TPSA) is 20.7 Å². The molecule has 1 aromatic carbocycles. The Bertz CT molecular complexity index is 725. The van der Waals surface area contributed by atoms with Crippen LogP contribution < -0.4 is 0 Å². The van der Waals surface area contributed by atoms with E-state index in [0.717, 1.165) is 33.8 Å². The number of halogens is 1. The minimum absolute atomic E-state index is 0.731. The van der Waals surface area contributed by atoms with Crippen LogP contribution in [0.3, 0.4) is 0 Å². The minimum Gasteiger partial charge on any atom is -0.331 e. The Balaban J connectivity index is 2.01. The summed E-state index contributed by atoms with van der Waals surface area (Å²) in [5.74, 6) is 0. The van der Waals surface area contributed by atoms with Crippen LogP contribution in [0.2, 0.25) is 5.02 Å². The molecule has 0 saturated heterocycles. The van der Waals surface area contributed by atoms with Crippen LogP contribution in [0.25, 0.3) is 11.0 Å². The van der Waals surface area contributed by atoms with Crippen molar-refractivity contribution in [1.29, 1.82) is 0 Å². The van der Waals surface area contributed by atoms with Gasteiger partial charge in [-0.2, -0.15) is 0 Å². The molecule has 3 aromatic rings. The highest BCUT2D eigenvalue weighted by molar-refractivity contribution is 7.71. The lowest BCUT2D eigenvalue weighted by Gasteiger charge is -2.04. The van der Waals surface area contributed by atoms with E-state index in [-0.39, 0.29) is 0 Å². The van der Waals surface area contributed by atoms with Crippen molar-refractivity contribution in [2.75, 3.05) is 0 Å². The van der Waals surface area contributed by atoms with E-state index >= 15 is 0 Å². The fraction of sp³-hybridized carbons (Fsp3) is 0.154. The second-order valence-corrected chi connectivity index (χ2v) is 5.87. The van der Waals surface area contributed by atoms with Crippen LogP contribution in [-0.2, 0) is 13.0 Å². The molecule has 2 aromatic heterocycles. The molecule has 0 fully saturated rings. The molecule has 0 aliphatic carbocycles. The number of thiophene rings is 1. The molecule has 0 amide bonds. The molecule has 2 heterocycles. The van der Waals surface area contributed by atoms with Crippen molar-refractivity contribution in [3.63, 3.8) is 0 Å². The lowest BCUT2D eigenvalue weighted by molar-refractivity contribution is 0.712. The zero-order valence-electron chi connectivity index (χ0n) is 9.52. The van der Waals surface area contributed by atoms with Crippen molar-refractivity contribution in [3.05, 3.63) is 50.4 Å². The van der Waals surface area contributed by atoms with E-state index in [9.17, 15) is 0 Å². The van der Waals surface area contributed by atoms with Gasteiger partial charge < -0.3 is 9.55 Å². The lowest BCUT2D eigenvalue weighted by atomic mass is 10.3. The predicted octanol–water partition coefficient (Wildman–Crippen LogP) is 4.66. The van der Waals surface area contributed by atoms with Gasteiger partial charge in [-0.05, 0) is 42.2 Å². The van der Waals surface area contributed by atoms with Gasteiger partial charge >= 0.3 is 0 Å². The molecular formula is C13H11ClN2S2. The maximum Gasteiger partial charge on any atom is 0.178 e. The Morgan fingerprint density at radius 3 is 2.94 bits per heavy atom. The average Bonchev–Trinajstić information content (AvgIpc) is 2.94. The summed E-state index contributed by atoms with van der Waals surface area (Å²) in [5, 5.41) is 2.84. The third kappa shape index (κ3) is 2.11. The van der Waals surface area contributed by atoms with E-state index in [4.69, 9.17) is 23.8 Å². The molecule has 0 aliphatic rings. The standard InChI is InChI=1S/C13H11ClN2S2/c14-10-4-1-5-11-12(10)16(13(17)15-11)7-6-9-3-2-8-18-9/h1-5,8H,6-7H2,(H,15,17). The first-order valence-corrected chi connectivity index (χ1v) is 7.32. The zero-order valence-corrected chi connectivity index (χ0v) is 11.9. The minimum atomic E-state index is 0.731. The molecule has 0 unspecified atom stereocenters. The number of H-pyrrole nitrogens is 1. The molecule has 3 rings (SSSR count). The number of imidazole rings is 1. The molecule has 2 nitrogen and oxygen atoms in total. The van der Waals surface area contributed by atoms with Gasteiger partial charge in [-0.25, -0.2) is 0 Å². The van der Waals surface area contributed by atoms with Gasteiger partial charge in [-0.15, -0.1) is 11.3 Å². The third-order valence-corrected chi connectivity index (χ3v) is 4.47. The Labute approximate surface area is 119 Å². The molecule has 0 spiro atoms. The lowest BCUT2D eigenvalue weighted by Crippen LogP contribution is -2.00. The van der Waals surface area contributed by atoms with Crippen LogP contribution >= 0.6 is 35.2 Å². The quantitative estimate of drug-likeness (QED) is 0.697. The second-order valence-electron chi connectivity index (χ2n) is 4.05. The van der Waals surface area contributed by atoms with E-state index in [2.05, 4.69) is 27.1 Å². The van der Waals surface area contributed by atoms with Gasteiger partial charge in [0.05, 0.1) is 16.1 Å². The number of aromatic nitrogens is 2. The molecule has 92 valence electrons. The number of nitrogens with one attached hydrogen (secondary N) is 1. The Morgan fingerprint density at radius 1 is 1.28 bits per heavy atom. The first-order valence-electron chi connectivity index (χ1n) is 5.65. The van der Waals surface area contributed by atoms with E-state index in [1.165, 1.54) is 4.88 Å². The van der Waals surface area contributed by atoms with Crippen LogP contribution in [0.5, 0.6) is 0 Å². The number of benzene rings is 1. The van der Waals surface area contributed by atoms with Gasteiger partial charge in [-0.3, -0.25) is 0 Å². The van der Waals surface area contributed by atoms with Gasteiger partial charge in [0.1, 0.15) is 0 Å². The molecule has 0 bridgehead atoms. The summed E-state index contributed by atoms with van der Waals surface area (Å²) < 4.78 is 2.81. The van der Waals surface area contributed by atoms with Gasteiger partial charge in [0, 0.05) is 11.4 Å². The number of para-hydroxylation sites is 1. The molecule has 0 radical (unpaired) electrons. The van der Waals surface area contributed by atoms with E-state index in [0.29, 0.717) is 0 Å². The van der Waals surface area contributed by atoms with Gasteiger partial charge in [0.25, 0.3) is 0 Å². The largest absolute Gasteiger partial charge is 0.331 e. The first-order chi connectivity index (χ1) is 8.75. The van der Waals surface area contributed by atoms with Crippen LogP contribution in [0.4, 0.5) is 0 Å². The van der Waals surface area contributed by atoms with Crippen LogP contribution in [-0.4, -0.2) is 9.55 Å². The fourth-order valence-corrected chi connectivity index (χ4v) is 3.33. The number of nitrogens with zero attached hydrogens (tertiary/aromatic N) is 1. The average molecular weight is 295 g/mol. The highest BCUT2D eigenvalue weighted by atomic mass is 35.5. The van der Waals surface area contributed by atoms with Gasteiger partial charge in [-0.1, -0.05) is 23.7 Å². The summed E-state index contributed by atoms with van der Waals surface area (Å²) >= 11 is 13.4. The number of aryl methyl sites for hydroxylation is 2. The molecule has 18 heavy (non-hydrogen) atoms. The van der Waals surface area contributed by atoms with Crippen LogP contribution in [0, 0.1) is 4.77 Å². The van der Waals surface area contributed by atoms with Crippen molar-refractivity contribution in [2.45, 2.75) is 13.0 Å². The summed E-state index contributed by atoms with van der Waals surface area (Å²) in [6.07, 6.45) is 0.976. The summed E-state index contributed by atoms with van der Waals surface area (Å²) in [4.78, 5) is 4.55. The van der Waals surface area contributed by atoms with Crippen LogP contribution in [0.1, 0.15) is 4.88 Å². The molecule has 0 atom stereocenters. The summed E-state index contributed by atoms with van der Waals surface area (Å²) in [5.41, 5.74) is 2.00. The zero-order chi connectivity index (χ0) is 12.5. The normalized spacial score (nSPS) is 11.2. The van der Waals surface area contributed by atoms with Crippen molar-refractivity contribution >= 4 is 46.2 Å². The highest BCUT2D eigenvalue weighted by Gasteiger charge is 2.07. The SMILES string of the molecule is S=c1[nH]c2cccc(Cl)c2n1CCc1cccs1. The van der Waals surface area contributed by atoms with E-state index in [1.807, 2.05) is 18.2 Å².